The first-order chi connectivity index (χ1) is 9.19. The first-order valence-electron chi connectivity index (χ1n) is 6.50. The van der Waals surface area contributed by atoms with Crippen molar-refractivity contribution in [3.8, 4) is 5.75 Å². The highest BCUT2D eigenvalue weighted by Crippen LogP contribution is 2.26. The second-order valence-corrected chi connectivity index (χ2v) is 5.02. The fraction of sp³-hybridized carbons (Fsp3) is 0.250. The highest BCUT2D eigenvalue weighted by Gasteiger charge is 2.10. The van der Waals surface area contributed by atoms with E-state index in [1.165, 1.54) is 5.56 Å². The van der Waals surface area contributed by atoms with Crippen LogP contribution in [0.1, 0.15) is 31.4 Å². The molecule has 1 atom stereocenters. The van der Waals surface area contributed by atoms with Gasteiger partial charge in [0.05, 0.1) is 6.04 Å². The first-order valence-corrected chi connectivity index (χ1v) is 6.88. The number of rotatable bonds is 5. The van der Waals surface area contributed by atoms with Crippen molar-refractivity contribution in [2.75, 3.05) is 5.32 Å². The number of halogens is 1. The molecule has 0 aliphatic carbocycles. The molecule has 19 heavy (non-hydrogen) atoms. The maximum absolute atomic E-state index is 9.51. The third-order valence-electron chi connectivity index (χ3n) is 3.04. The minimum absolute atomic E-state index is 0.226. The third kappa shape index (κ3) is 3.90. The summed E-state index contributed by atoms with van der Waals surface area (Å²) in [5, 5.41) is 13.7. The Bertz CT molecular complexity index is 525. The summed E-state index contributed by atoms with van der Waals surface area (Å²) in [6.07, 6.45) is 2.11. The summed E-state index contributed by atoms with van der Waals surface area (Å²) in [5.41, 5.74) is 2.13. The second kappa shape index (κ2) is 6.48. The zero-order valence-corrected chi connectivity index (χ0v) is 11.7. The lowest BCUT2D eigenvalue weighted by atomic mass is 10.0. The van der Waals surface area contributed by atoms with Crippen LogP contribution in [0.2, 0.25) is 5.02 Å². The lowest BCUT2D eigenvalue weighted by Crippen LogP contribution is -2.10. The Morgan fingerprint density at radius 1 is 1.16 bits per heavy atom. The average Bonchev–Trinajstić information content (AvgIpc) is 2.39. The van der Waals surface area contributed by atoms with Gasteiger partial charge in [0.15, 0.2) is 0 Å². The molecule has 0 aromatic heterocycles. The smallest absolute Gasteiger partial charge is 0.117 e. The van der Waals surface area contributed by atoms with Crippen molar-refractivity contribution >= 4 is 17.3 Å². The summed E-state index contributed by atoms with van der Waals surface area (Å²) in [4.78, 5) is 0. The van der Waals surface area contributed by atoms with Gasteiger partial charge >= 0.3 is 0 Å². The number of nitrogens with one attached hydrogen (secondary N) is 1. The van der Waals surface area contributed by atoms with Crippen molar-refractivity contribution in [2.24, 2.45) is 0 Å². The van der Waals surface area contributed by atoms with Crippen molar-refractivity contribution < 1.29 is 5.11 Å². The third-order valence-corrected chi connectivity index (χ3v) is 3.29. The van der Waals surface area contributed by atoms with E-state index in [9.17, 15) is 5.11 Å². The van der Waals surface area contributed by atoms with Gasteiger partial charge in [-0.25, -0.2) is 0 Å². The van der Waals surface area contributed by atoms with Crippen LogP contribution in [0.5, 0.6) is 5.75 Å². The molecule has 2 N–H and O–H groups in total. The van der Waals surface area contributed by atoms with Gasteiger partial charge in [-0.3, -0.25) is 0 Å². The Hall–Kier alpha value is -1.67. The molecule has 2 aromatic carbocycles. The van der Waals surface area contributed by atoms with Crippen LogP contribution in [-0.2, 0) is 0 Å². The van der Waals surface area contributed by atoms with Crippen molar-refractivity contribution in [1.29, 1.82) is 0 Å². The molecule has 0 saturated heterocycles. The van der Waals surface area contributed by atoms with E-state index in [2.05, 4.69) is 12.2 Å². The van der Waals surface area contributed by atoms with Crippen LogP contribution in [0.15, 0.2) is 48.5 Å². The lowest BCUT2D eigenvalue weighted by Gasteiger charge is -2.20. The highest BCUT2D eigenvalue weighted by molar-refractivity contribution is 6.30. The molecule has 0 aliphatic heterocycles. The molecule has 2 nitrogen and oxygen atoms in total. The van der Waals surface area contributed by atoms with Gasteiger partial charge in [-0.15, -0.1) is 0 Å². The van der Waals surface area contributed by atoms with Crippen LogP contribution in [0.3, 0.4) is 0 Å². The molecule has 100 valence electrons. The number of benzene rings is 2. The summed E-state index contributed by atoms with van der Waals surface area (Å²) in [7, 11) is 0. The maximum Gasteiger partial charge on any atom is 0.117 e. The van der Waals surface area contributed by atoms with E-state index in [1.54, 1.807) is 12.1 Å². The van der Waals surface area contributed by atoms with Crippen LogP contribution >= 0.6 is 11.6 Å². The first kappa shape index (κ1) is 13.8. The fourth-order valence-electron chi connectivity index (χ4n) is 2.10. The molecule has 0 heterocycles. The number of phenols is 1. The Labute approximate surface area is 119 Å². The van der Waals surface area contributed by atoms with Gasteiger partial charge in [-0.1, -0.05) is 43.1 Å². The molecule has 0 radical (unpaired) electrons. The van der Waals surface area contributed by atoms with Crippen LogP contribution in [0.25, 0.3) is 0 Å². The Kier molecular flexibility index (Phi) is 4.69. The SMILES string of the molecule is CCCC(Nc1cccc(O)c1)c1ccc(Cl)cc1. The van der Waals surface area contributed by atoms with E-state index in [4.69, 9.17) is 11.6 Å². The van der Waals surface area contributed by atoms with E-state index in [1.807, 2.05) is 36.4 Å². The van der Waals surface area contributed by atoms with Crippen LogP contribution < -0.4 is 5.32 Å². The summed E-state index contributed by atoms with van der Waals surface area (Å²) < 4.78 is 0. The van der Waals surface area contributed by atoms with Gasteiger partial charge in [0.2, 0.25) is 0 Å². The van der Waals surface area contributed by atoms with E-state index in [0.717, 1.165) is 23.6 Å². The van der Waals surface area contributed by atoms with Gasteiger partial charge in [-0.2, -0.15) is 0 Å². The molecule has 1 unspecified atom stereocenters. The quantitative estimate of drug-likeness (QED) is 0.805. The average molecular weight is 276 g/mol. The van der Waals surface area contributed by atoms with E-state index < -0.39 is 0 Å². The predicted octanol–water partition coefficient (Wildman–Crippen LogP) is 5.00. The topological polar surface area (TPSA) is 32.3 Å². The number of anilines is 1. The zero-order chi connectivity index (χ0) is 13.7. The fourth-order valence-corrected chi connectivity index (χ4v) is 2.23. The molecule has 0 amide bonds. The van der Waals surface area contributed by atoms with Crippen molar-refractivity contribution in [3.05, 3.63) is 59.1 Å². The van der Waals surface area contributed by atoms with E-state index in [-0.39, 0.29) is 11.8 Å². The summed E-state index contributed by atoms with van der Waals surface area (Å²) in [6, 6.07) is 15.3. The largest absolute Gasteiger partial charge is 0.508 e. The second-order valence-electron chi connectivity index (χ2n) is 4.59. The predicted molar refractivity (Wildman–Crippen MR) is 80.8 cm³/mol. The van der Waals surface area contributed by atoms with Gasteiger partial charge in [0, 0.05) is 16.8 Å². The van der Waals surface area contributed by atoms with Gasteiger partial charge in [0.25, 0.3) is 0 Å². The minimum atomic E-state index is 0.226. The van der Waals surface area contributed by atoms with Crippen LogP contribution in [0, 0.1) is 0 Å². The van der Waals surface area contributed by atoms with E-state index >= 15 is 0 Å². The molecule has 0 fully saturated rings. The Morgan fingerprint density at radius 2 is 1.89 bits per heavy atom. The standard InChI is InChI=1S/C16H18ClNO/c1-2-4-16(12-7-9-13(17)10-8-12)18-14-5-3-6-15(19)11-14/h3,5-11,16,18-19H,2,4H2,1H3. The molecular formula is C16H18ClNO. The molecule has 3 heteroatoms. The Balaban J connectivity index is 2.18. The van der Waals surface area contributed by atoms with Gasteiger partial charge in [-0.05, 0) is 36.2 Å². The lowest BCUT2D eigenvalue weighted by molar-refractivity contribution is 0.475. The Morgan fingerprint density at radius 3 is 2.53 bits per heavy atom. The minimum Gasteiger partial charge on any atom is -0.508 e. The number of phenolic OH excluding ortho intramolecular Hbond substituents is 1. The molecule has 0 saturated carbocycles. The molecule has 0 aliphatic rings. The zero-order valence-electron chi connectivity index (χ0n) is 10.9. The number of hydrogen-bond donors (Lipinski definition) is 2. The maximum atomic E-state index is 9.51. The molecule has 2 aromatic rings. The monoisotopic (exact) mass is 275 g/mol. The van der Waals surface area contributed by atoms with Crippen LogP contribution in [0.4, 0.5) is 5.69 Å². The summed E-state index contributed by atoms with van der Waals surface area (Å²) >= 11 is 5.92. The molecule has 2 rings (SSSR count). The van der Waals surface area contributed by atoms with Crippen LogP contribution in [-0.4, -0.2) is 5.11 Å². The number of hydrogen-bond acceptors (Lipinski definition) is 2. The molecule has 0 spiro atoms. The van der Waals surface area contributed by atoms with E-state index in [0.29, 0.717) is 0 Å². The highest BCUT2D eigenvalue weighted by atomic mass is 35.5. The van der Waals surface area contributed by atoms with Gasteiger partial charge in [0.1, 0.15) is 5.75 Å². The molecule has 0 bridgehead atoms. The summed E-state index contributed by atoms with van der Waals surface area (Å²) in [6.45, 7) is 2.16. The van der Waals surface area contributed by atoms with Gasteiger partial charge < -0.3 is 10.4 Å². The normalized spacial score (nSPS) is 12.1. The van der Waals surface area contributed by atoms with Crippen molar-refractivity contribution in [1.82, 2.24) is 0 Å². The number of aromatic hydroxyl groups is 1. The summed E-state index contributed by atoms with van der Waals surface area (Å²) in [5.74, 6) is 0.274. The molecular weight excluding hydrogens is 258 g/mol. The van der Waals surface area contributed by atoms with Crippen molar-refractivity contribution in [3.63, 3.8) is 0 Å². The van der Waals surface area contributed by atoms with Crippen molar-refractivity contribution in [2.45, 2.75) is 25.8 Å².